The van der Waals surface area contributed by atoms with Crippen molar-refractivity contribution in [2.75, 3.05) is 12.3 Å². The maximum absolute atomic E-state index is 12.6. The summed E-state index contributed by atoms with van der Waals surface area (Å²) in [6.07, 6.45) is 7.44. The van der Waals surface area contributed by atoms with Gasteiger partial charge < -0.3 is 0 Å². The summed E-state index contributed by atoms with van der Waals surface area (Å²) in [6.45, 7) is 2.24. The van der Waals surface area contributed by atoms with E-state index in [4.69, 9.17) is 0 Å². The fourth-order valence-corrected chi connectivity index (χ4v) is 5.25. The molecule has 0 unspecified atom stereocenters. The molecule has 2 aromatic heterocycles. The number of unbranched alkanes of at least 4 members (excludes halogenated alkanes) is 2. The Hall–Kier alpha value is -2.13. The number of sulfone groups is 1. The van der Waals surface area contributed by atoms with Gasteiger partial charge in [-0.2, -0.15) is 0 Å². The first-order valence-corrected chi connectivity index (χ1v) is 11.3. The van der Waals surface area contributed by atoms with Crippen molar-refractivity contribution in [3.05, 3.63) is 41.6 Å². The summed E-state index contributed by atoms with van der Waals surface area (Å²) >= 11 is 0.955. The second-order valence-corrected chi connectivity index (χ2v) is 9.28. The average Bonchev–Trinajstić information content (AvgIpc) is 3.22. The van der Waals surface area contributed by atoms with Gasteiger partial charge in [-0.25, -0.2) is 13.4 Å². The third kappa shape index (κ3) is 4.24. The Kier molecular flexibility index (Phi) is 6.01. The number of fused-ring (bicyclic) bond motifs is 1. The lowest BCUT2D eigenvalue weighted by Gasteiger charge is -2.12. The van der Waals surface area contributed by atoms with Crippen molar-refractivity contribution in [2.24, 2.45) is 0 Å². The summed E-state index contributed by atoms with van der Waals surface area (Å²) < 4.78 is 26.8. The van der Waals surface area contributed by atoms with Crippen molar-refractivity contribution in [3.8, 4) is 0 Å². The highest BCUT2D eigenvalue weighted by atomic mass is 32.2. The quantitative estimate of drug-likeness (QED) is 0.493. The highest BCUT2D eigenvalue weighted by Crippen LogP contribution is 2.31. The number of hydrogen-bond donors (Lipinski definition) is 0. The molecule has 1 aliphatic rings. The van der Waals surface area contributed by atoms with Gasteiger partial charge in [-0.1, -0.05) is 25.5 Å². The molecule has 0 saturated carbocycles. The van der Waals surface area contributed by atoms with Gasteiger partial charge in [-0.15, -0.1) is 0 Å². The van der Waals surface area contributed by atoms with E-state index < -0.39 is 9.84 Å². The zero-order chi connectivity index (χ0) is 19.4. The van der Waals surface area contributed by atoms with E-state index in [9.17, 15) is 18.0 Å². The van der Waals surface area contributed by atoms with Gasteiger partial charge in [-0.3, -0.25) is 18.9 Å². The van der Waals surface area contributed by atoms with E-state index in [1.54, 1.807) is 41.1 Å². The molecule has 0 N–H and O–H groups in total. The normalized spacial score (nSPS) is 16.8. The molecule has 0 bridgehead atoms. The van der Waals surface area contributed by atoms with E-state index >= 15 is 0 Å². The monoisotopic (exact) mass is 407 g/mol. The maximum Gasteiger partial charge on any atom is 0.293 e. The van der Waals surface area contributed by atoms with Gasteiger partial charge in [0.15, 0.2) is 9.84 Å². The minimum atomic E-state index is -3.48. The van der Waals surface area contributed by atoms with Crippen molar-refractivity contribution in [1.82, 2.24) is 14.3 Å². The lowest BCUT2D eigenvalue weighted by Crippen LogP contribution is -2.29. The molecule has 1 saturated heterocycles. The molecule has 0 aliphatic carbocycles. The molecular weight excluding hydrogens is 386 g/mol. The second-order valence-electron chi connectivity index (χ2n) is 6.23. The first-order chi connectivity index (χ1) is 12.9. The summed E-state index contributed by atoms with van der Waals surface area (Å²) in [4.78, 5) is 30.0. The highest BCUT2D eigenvalue weighted by Gasteiger charge is 2.34. The van der Waals surface area contributed by atoms with Gasteiger partial charge in [0.05, 0.1) is 10.7 Å². The van der Waals surface area contributed by atoms with Gasteiger partial charge in [0, 0.05) is 18.9 Å². The summed E-state index contributed by atoms with van der Waals surface area (Å²) in [7, 11) is -3.48. The number of allylic oxidation sites excluding steroid dienone is 1. The topological polar surface area (TPSA) is 88.8 Å². The Balaban J connectivity index is 1.58. The van der Waals surface area contributed by atoms with Crippen LogP contribution in [0.5, 0.6) is 0 Å². The van der Waals surface area contributed by atoms with E-state index in [2.05, 4.69) is 4.98 Å². The third-order valence-corrected chi connectivity index (χ3v) is 7.00. The van der Waals surface area contributed by atoms with Crippen LogP contribution in [0.3, 0.4) is 0 Å². The molecular formula is C18H21N3O4S2. The first kappa shape index (κ1) is 19.6. The Morgan fingerprint density at radius 2 is 2.04 bits per heavy atom. The fourth-order valence-electron chi connectivity index (χ4n) is 2.85. The van der Waals surface area contributed by atoms with Crippen LogP contribution in [0.25, 0.3) is 5.65 Å². The Morgan fingerprint density at radius 3 is 2.81 bits per heavy atom. The van der Waals surface area contributed by atoms with Crippen LogP contribution in [-0.2, 0) is 14.6 Å². The van der Waals surface area contributed by atoms with Gasteiger partial charge in [-0.05, 0) is 43.2 Å². The number of hydrogen-bond acceptors (Lipinski definition) is 6. The van der Waals surface area contributed by atoms with Crippen molar-refractivity contribution >= 4 is 38.4 Å². The maximum atomic E-state index is 12.6. The van der Waals surface area contributed by atoms with Gasteiger partial charge >= 0.3 is 0 Å². The summed E-state index contributed by atoms with van der Waals surface area (Å²) in [6, 6.07) is 4.96. The lowest BCUT2D eigenvalue weighted by molar-refractivity contribution is -0.122. The molecule has 27 heavy (non-hydrogen) atoms. The van der Waals surface area contributed by atoms with Crippen molar-refractivity contribution in [1.29, 1.82) is 0 Å². The molecule has 3 heterocycles. The van der Waals surface area contributed by atoms with Gasteiger partial charge in [0.1, 0.15) is 10.7 Å². The summed E-state index contributed by atoms with van der Waals surface area (Å²) in [5.74, 6) is -0.323. The molecule has 3 rings (SSSR count). The number of pyridine rings is 1. The van der Waals surface area contributed by atoms with Crippen LogP contribution in [0.2, 0.25) is 0 Å². The van der Waals surface area contributed by atoms with Gasteiger partial charge in [0.2, 0.25) is 0 Å². The van der Waals surface area contributed by atoms with Crippen LogP contribution in [0.15, 0.2) is 46.6 Å². The Labute approximate surface area is 162 Å². The average molecular weight is 408 g/mol. The predicted octanol–water partition coefficient (Wildman–Crippen LogP) is 3.27. The summed E-state index contributed by atoms with van der Waals surface area (Å²) in [5.41, 5.74) is 0.577. The summed E-state index contributed by atoms with van der Waals surface area (Å²) in [5, 5.41) is -0.0837. The van der Waals surface area contributed by atoms with E-state index in [0.29, 0.717) is 23.4 Å². The molecule has 2 amide bonds. The first-order valence-electron chi connectivity index (χ1n) is 8.82. The highest BCUT2D eigenvalue weighted by molar-refractivity contribution is 8.18. The minimum Gasteiger partial charge on any atom is -0.290 e. The Morgan fingerprint density at radius 1 is 1.22 bits per heavy atom. The molecule has 0 radical (unpaired) electrons. The van der Waals surface area contributed by atoms with Crippen molar-refractivity contribution in [3.63, 3.8) is 0 Å². The molecule has 1 fully saturated rings. The van der Waals surface area contributed by atoms with Crippen LogP contribution in [0.1, 0.15) is 32.6 Å². The smallest absolute Gasteiger partial charge is 0.290 e. The van der Waals surface area contributed by atoms with Crippen LogP contribution in [0.4, 0.5) is 4.79 Å². The number of carbonyl (C=O) groups is 2. The number of imidazole rings is 1. The van der Waals surface area contributed by atoms with Crippen molar-refractivity contribution < 1.29 is 18.0 Å². The number of thioether (sulfide) groups is 1. The molecule has 144 valence electrons. The largest absolute Gasteiger partial charge is 0.293 e. The number of nitrogens with zero attached hydrogens (tertiary/aromatic N) is 3. The molecule has 2 aromatic rings. The Bertz CT molecular complexity index is 995. The molecule has 7 nitrogen and oxygen atoms in total. The number of rotatable bonds is 8. The zero-order valence-electron chi connectivity index (χ0n) is 15.0. The lowest BCUT2D eigenvalue weighted by atomic mass is 10.3. The zero-order valence-corrected chi connectivity index (χ0v) is 16.6. The standard InChI is InChI=1S/C18H21N3O4S2/c1-2-3-7-14-17(22)21(18(23)26-14)11-4-5-13-27(24,25)16-9-6-8-15-19-10-12-20(15)16/h6-10,12H,2-5,11,13H2,1H3. The molecule has 0 spiro atoms. The third-order valence-electron chi connectivity index (χ3n) is 4.25. The van der Waals surface area contributed by atoms with E-state index in [1.165, 1.54) is 4.90 Å². The van der Waals surface area contributed by atoms with Crippen LogP contribution in [-0.4, -0.2) is 46.1 Å². The van der Waals surface area contributed by atoms with Crippen molar-refractivity contribution in [2.45, 2.75) is 37.6 Å². The van der Waals surface area contributed by atoms with E-state index in [-0.39, 0.29) is 28.5 Å². The van der Waals surface area contributed by atoms with Gasteiger partial charge in [0.25, 0.3) is 11.1 Å². The SMILES string of the molecule is CCCC=C1SC(=O)N(CCCCS(=O)(=O)c2cccc3nccn23)C1=O. The number of carbonyl (C=O) groups excluding carboxylic acids is 2. The number of imide groups is 1. The predicted molar refractivity (Wildman–Crippen MR) is 104 cm³/mol. The van der Waals surface area contributed by atoms with Crippen LogP contribution < -0.4 is 0 Å². The minimum absolute atomic E-state index is 0.0494. The fraction of sp³-hybridized carbons (Fsp3) is 0.389. The number of amides is 2. The number of aromatic nitrogens is 2. The van der Waals surface area contributed by atoms with E-state index in [0.717, 1.165) is 24.6 Å². The molecule has 9 heteroatoms. The molecule has 0 atom stereocenters. The van der Waals surface area contributed by atoms with Crippen LogP contribution >= 0.6 is 11.8 Å². The van der Waals surface area contributed by atoms with E-state index in [1.807, 2.05) is 6.92 Å². The van der Waals surface area contributed by atoms with Crippen LogP contribution in [0, 0.1) is 0 Å². The second kappa shape index (κ2) is 8.26. The molecule has 1 aliphatic heterocycles. The molecule has 0 aromatic carbocycles.